The van der Waals surface area contributed by atoms with Gasteiger partial charge in [0.05, 0.1) is 12.5 Å². The van der Waals surface area contributed by atoms with Crippen molar-refractivity contribution in [1.82, 2.24) is 20.2 Å². The summed E-state index contributed by atoms with van der Waals surface area (Å²) in [6.45, 7) is 10.4. The first-order chi connectivity index (χ1) is 9.81. The lowest BCUT2D eigenvalue weighted by molar-refractivity contribution is -0.138. The summed E-state index contributed by atoms with van der Waals surface area (Å²) in [4.78, 5) is 11.2. The molecule has 0 radical (unpaired) electrons. The zero-order valence-corrected chi connectivity index (χ0v) is 13.8. The normalized spacial score (nSPS) is 14.9. The number of carboxylic acids is 1. The molecule has 0 aliphatic rings. The van der Waals surface area contributed by atoms with Crippen LogP contribution in [0.1, 0.15) is 84.5 Å². The molecule has 0 bridgehead atoms. The molecule has 0 saturated carbocycles. The molecule has 0 aromatic carbocycles. The highest BCUT2D eigenvalue weighted by molar-refractivity contribution is 5.67. The van der Waals surface area contributed by atoms with Gasteiger partial charge in [0.15, 0.2) is 5.82 Å². The predicted octanol–water partition coefficient (Wildman–Crippen LogP) is 3.42. The molecule has 6 nitrogen and oxygen atoms in total. The van der Waals surface area contributed by atoms with Crippen molar-refractivity contribution >= 4 is 5.97 Å². The molecule has 0 aliphatic carbocycles. The first-order valence-electron chi connectivity index (χ1n) is 7.80. The van der Waals surface area contributed by atoms with E-state index in [4.69, 9.17) is 0 Å². The lowest BCUT2D eigenvalue weighted by atomic mass is 9.84. The molecule has 21 heavy (non-hydrogen) atoms. The first kappa shape index (κ1) is 17.6. The molecule has 2 unspecified atom stereocenters. The van der Waals surface area contributed by atoms with Crippen molar-refractivity contribution in [2.75, 3.05) is 0 Å². The number of aliphatic carboxylic acids is 1. The highest BCUT2D eigenvalue weighted by Gasteiger charge is 2.33. The number of unbranched alkanes of at least 4 members (excludes halogenated alkanes) is 1. The van der Waals surface area contributed by atoms with Gasteiger partial charge in [-0.2, -0.15) is 0 Å². The van der Waals surface area contributed by atoms with Crippen LogP contribution in [0, 0.1) is 5.41 Å². The van der Waals surface area contributed by atoms with Crippen molar-refractivity contribution in [2.45, 2.75) is 78.7 Å². The van der Waals surface area contributed by atoms with Crippen LogP contribution in [0.2, 0.25) is 0 Å². The molecule has 2 atom stereocenters. The number of aromatic nitrogens is 4. The minimum atomic E-state index is -0.821. The summed E-state index contributed by atoms with van der Waals surface area (Å²) in [5, 5.41) is 21.3. The maximum absolute atomic E-state index is 11.2. The summed E-state index contributed by atoms with van der Waals surface area (Å²) in [5.74, 6) is 0.295. The Labute approximate surface area is 126 Å². The van der Waals surface area contributed by atoms with Crippen LogP contribution in [0.25, 0.3) is 0 Å². The van der Waals surface area contributed by atoms with Crippen molar-refractivity contribution in [3.05, 3.63) is 5.82 Å². The summed E-state index contributed by atoms with van der Waals surface area (Å²) >= 11 is 0. The molecule has 1 aromatic rings. The fourth-order valence-corrected chi connectivity index (χ4v) is 2.58. The third-order valence-corrected chi connectivity index (χ3v) is 3.95. The quantitative estimate of drug-likeness (QED) is 0.795. The Morgan fingerprint density at radius 1 is 1.33 bits per heavy atom. The van der Waals surface area contributed by atoms with Crippen LogP contribution in [-0.4, -0.2) is 31.3 Å². The van der Waals surface area contributed by atoms with E-state index in [-0.39, 0.29) is 17.9 Å². The van der Waals surface area contributed by atoms with Crippen molar-refractivity contribution in [3.63, 3.8) is 0 Å². The van der Waals surface area contributed by atoms with E-state index < -0.39 is 5.97 Å². The largest absolute Gasteiger partial charge is 0.481 e. The molecular formula is C15H28N4O2. The van der Waals surface area contributed by atoms with E-state index in [0.29, 0.717) is 5.92 Å². The van der Waals surface area contributed by atoms with Gasteiger partial charge in [-0.15, -0.1) is 5.10 Å². The topological polar surface area (TPSA) is 80.9 Å². The number of carbonyl (C=O) groups is 1. The second-order valence-electron chi connectivity index (χ2n) is 6.71. The average Bonchev–Trinajstić information content (AvgIpc) is 2.84. The standard InChI is InChI=1S/C15H28N4O2/c1-6-8-9-11(7-2)14-16-17-18-19(14)12(10-13(20)21)15(3,4)5/h11-12H,6-10H2,1-5H3,(H,20,21). The molecule has 0 saturated heterocycles. The second-order valence-corrected chi connectivity index (χ2v) is 6.71. The van der Waals surface area contributed by atoms with Crippen LogP contribution in [0.4, 0.5) is 0 Å². The minimum absolute atomic E-state index is 0.0335. The van der Waals surface area contributed by atoms with E-state index in [2.05, 4.69) is 29.4 Å². The van der Waals surface area contributed by atoms with Gasteiger partial charge in [0.1, 0.15) is 0 Å². The van der Waals surface area contributed by atoms with Gasteiger partial charge in [-0.25, -0.2) is 4.68 Å². The molecule has 0 amide bonds. The number of carboxylic acid groups (broad SMARTS) is 1. The smallest absolute Gasteiger partial charge is 0.305 e. The minimum Gasteiger partial charge on any atom is -0.481 e. The number of hydrogen-bond donors (Lipinski definition) is 1. The maximum atomic E-state index is 11.2. The number of rotatable bonds is 8. The van der Waals surface area contributed by atoms with Crippen LogP contribution in [0.5, 0.6) is 0 Å². The second kappa shape index (κ2) is 7.52. The van der Waals surface area contributed by atoms with Crippen LogP contribution in [0.15, 0.2) is 0 Å². The first-order valence-corrected chi connectivity index (χ1v) is 7.80. The molecular weight excluding hydrogens is 268 g/mol. The predicted molar refractivity (Wildman–Crippen MR) is 81.1 cm³/mol. The van der Waals surface area contributed by atoms with E-state index in [1.807, 2.05) is 20.8 Å². The zero-order chi connectivity index (χ0) is 16.0. The third kappa shape index (κ3) is 4.79. The van der Waals surface area contributed by atoms with Gasteiger partial charge in [0.25, 0.3) is 0 Å². The number of tetrazole rings is 1. The van der Waals surface area contributed by atoms with E-state index in [1.165, 1.54) is 0 Å². The van der Waals surface area contributed by atoms with Crippen LogP contribution in [-0.2, 0) is 4.79 Å². The van der Waals surface area contributed by atoms with E-state index in [9.17, 15) is 9.90 Å². The van der Waals surface area contributed by atoms with Crippen LogP contribution in [0.3, 0.4) is 0 Å². The van der Waals surface area contributed by atoms with Crippen molar-refractivity contribution in [2.24, 2.45) is 5.41 Å². The van der Waals surface area contributed by atoms with E-state index in [1.54, 1.807) is 4.68 Å². The molecule has 6 heteroatoms. The molecule has 1 rings (SSSR count). The molecule has 120 valence electrons. The van der Waals surface area contributed by atoms with Gasteiger partial charge >= 0.3 is 5.97 Å². The monoisotopic (exact) mass is 296 g/mol. The summed E-state index contributed by atoms with van der Waals surface area (Å²) in [5.41, 5.74) is -0.217. The number of nitrogens with zero attached hydrogens (tertiary/aromatic N) is 4. The van der Waals surface area contributed by atoms with Gasteiger partial charge in [-0.3, -0.25) is 4.79 Å². The summed E-state index contributed by atoms with van der Waals surface area (Å²) in [6, 6.07) is -0.240. The molecule has 1 heterocycles. The van der Waals surface area contributed by atoms with Crippen molar-refractivity contribution in [3.8, 4) is 0 Å². The molecule has 1 aromatic heterocycles. The highest BCUT2D eigenvalue weighted by Crippen LogP contribution is 2.35. The van der Waals surface area contributed by atoms with E-state index >= 15 is 0 Å². The fourth-order valence-electron chi connectivity index (χ4n) is 2.58. The van der Waals surface area contributed by atoms with Crippen molar-refractivity contribution in [1.29, 1.82) is 0 Å². The average molecular weight is 296 g/mol. The molecule has 0 aliphatic heterocycles. The van der Waals surface area contributed by atoms with E-state index in [0.717, 1.165) is 31.5 Å². The molecule has 1 N–H and O–H groups in total. The lowest BCUT2D eigenvalue weighted by Crippen LogP contribution is -2.30. The van der Waals surface area contributed by atoms with Gasteiger partial charge < -0.3 is 5.11 Å². The third-order valence-electron chi connectivity index (χ3n) is 3.95. The maximum Gasteiger partial charge on any atom is 0.305 e. The van der Waals surface area contributed by atoms with Gasteiger partial charge in [-0.1, -0.05) is 47.5 Å². The Morgan fingerprint density at radius 2 is 2.00 bits per heavy atom. The number of hydrogen-bond acceptors (Lipinski definition) is 4. The van der Waals surface area contributed by atoms with Crippen LogP contribution < -0.4 is 0 Å². The van der Waals surface area contributed by atoms with Gasteiger partial charge in [-0.05, 0) is 28.7 Å². The molecule has 0 fully saturated rings. The summed E-state index contributed by atoms with van der Waals surface area (Å²) in [6.07, 6.45) is 4.30. The Morgan fingerprint density at radius 3 is 2.48 bits per heavy atom. The van der Waals surface area contributed by atoms with Crippen molar-refractivity contribution < 1.29 is 9.90 Å². The Bertz CT molecular complexity index is 451. The SMILES string of the molecule is CCCCC(CC)c1nnnn1C(CC(=O)O)C(C)(C)C. The fraction of sp³-hybridized carbons (Fsp3) is 0.867. The highest BCUT2D eigenvalue weighted by atomic mass is 16.4. The zero-order valence-electron chi connectivity index (χ0n) is 13.8. The Hall–Kier alpha value is -1.46. The summed E-state index contributed by atoms with van der Waals surface area (Å²) < 4.78 is 1.75. The van der Waals surface area contributed by atoms with Gasteiger partial charge in [0.2, 0.25) is 0 Å². The lowest BCUT2D eigenvalue weighted by Gasteiger charge is -2.31. The summed E-state index contributed by atoms with van der Waals surface area (Å²) in [7, 11) is 0. The Balaban J connectivity index is 3.10. The molecule has 0 spiro atoms. The van der Waals surface area contributed by atoms with Crippen LogP contribution >= 0.6 is 0 Å². The Kier molecular flexibility index (Phi) is 6.30. The van der Waals surface area contributed by atoms with Gasteiger partial charge in [0, 0.05) is 5.92 Å².